The summed E-state index contributed by atoms with van der Waals surface area (Å²) in [6, 6.07) is 0. The van der Waals surface area contributed by atoms with Crippen molar-refractivity contribution in [3.8, 4) is 0 Å². The third-order valence-corrected chi connectivity index (χ3v) is 7.71. The Morgan fingerprint density at radius 1 is 1.10 bits per heavy atom. The van der Waals surface area contributed by atoms with Gasteiger partial charge in [-0.1, -0.05) is 33.6 Å². The van der Waals surface area contributed by atoms with Crippen LogP contribution in [0.2, 0.25) is 0 Å². The molecular formula is C22H31NO5S. The number of ether oxygens (including phenoxy) is 1. The van der Waals surface area contributed by atoms with E-state index in [0.29, 0.717) is 29.3 Å². The molecular weight excluding hydrogens is 390 g/mol. The Balaban J connectivity index is 1.89. The quantitative estimate of drug-likeness (QED) is 0.698. The lowest BCUT2D eigenvalue weighted by Crippen LogP contribution is -2.36. The minimum absolute atomic E-state index is 0.174. The maximum atomic E-state index is 13.0. The van der Waals surface area contributed by atoms with Gasteiger partial charge in [-0.15, -0.1) is 11.3 Å². The summed E-state index contributed by atoms with van der Waals surface area (Å²) in [6.07, 6.45) is 5.42. The van der Waals surface area contributed by atoms with Crippen LogP contribution in [-0.4, -0.2) is 30.1 Å². The average molecular weight is 422 g/mol. The molecule has 7 heteroatoms. The number of thiophene rings is 1. The van der Waals surface area contributed by atoms with Crippen molar-refractivity contribution in [1.82, 2.24) is 0 Å². The summed E-state index contributed by atoms with van der Waals surface area (Å²) in [5.74, 6) is -2.37. The van der Waals surface area contributed by atoms with Gasteiger partial charge >= 0.3 is 11.9 Å². The summed E-state index contributed by atoms with van der Waals surface area (Å²) in [5.41, 5.74) is 1.61. The van der Waals surface area contributed by atoms with Gasteiger partial charge in [0.2, 0.25) is 5.91 Å². The number of carboxylic acid groups (broad SMARTS) is 1. The second kappa shape index (κ2) is 8.46. The Labute approximate surface area is 176 Å². The highest BCUT2D eigenvalue weighted by Gasteiger charge is 2.38. The first kappa shape index (κ1) is 21.8. The zero-order valence-electron chi connectivity index (χ0n) is 17.7. The lowest BCUT2D eigenvalue weighted by Gasteiger charge is -2.33. The topological polar surface area (TPSA) is 92.7 Å². The molecule has 1 aromatic heterocycles. The van der Waals surface area contributed by atoms with E-state index in [9.17, 15) is 19.5 Å². The van der Waals surface area contributed by atoms with Gasteiger partial charge in [-0.05, 0) is 49.0 Å². The van der Waals surface area contributed by atoms with Crippen LogP contribution in [0.15, 0.2) is 0 Å². The highest BCUT2D eigenvalue weighted by atomic mass is 32.1. The number of carbonyl (C=O) groups excluding carboxylic acids is 2. The molecule has 160 valence electrons. The molecule has 0 bridgehead atoms. The molecule has 0 radical (unpaired) electrons. The van der Waals surface area contributed by atoms with Crippen molar-refractivity contribution in [3.05, 3.63) is 16.0 Å². The minimum atomic E-state index is -0.920. The molecule has 2 aliphatic carbocycles. The second-order valence-electron chi connectivity index (χ2n) is 9.33. The predicted molar refractivity (Wildman–Crippen MR) is 112 cm³/mol. The van der Waals surface area contributed by atoms with E-state index in [-0.39, 0.29) is 11.3 Å². The number of methoxy groups -OCH3 is 1. The van der Waals surface area contributed by atoms with Gasteiger partial charge in [-0.3, -0.25) is 9.59 Å². The third kappa shape index (κ3) is 4.49. The van der Waals surface area contributed by atoms with Gasteiger partial charge in [0, 0.05) is 4.88 Å². The highest BCUT2D eigenvalue weighted by Crippen LogP contribution is 2.45. The zero-order chi connectivity index (χ0) is 21.3. The number of carbonyl (C=O) groups is 3. The van der Waals surface area contributed by atoms with Gasteiger partial charge in [0.05, 0.1) is 24.5 Å². The van der Waals surface area contributed by atoms with Crippen molar-refractivity contribution in [2.24, 2.45) is 23.2 Å². The summed E-state index contributed by atoms with van der Waals surface area (Å²) in [5, 5.41) is 12.9. The van der Waals surface area contributed by atoms with Crippen LogP contribution in [-0.2, 0) is 27.2 Å². The van der Waals surface area contributed by atoms with Gasteiger partial charge in [0.15, 0.2) is 0 Å². The largest absolute Gasteiger partial charge is 0.481 e. The molecule has 1 amide bonds. The summed E-state index contributed by atoms with van der Waals surface area (Å²) in [7, 11) is 1.35. The van der Waals surface area contributed by atoms with Crippen molar-refractivity contribution in [1.29, 1.82) is 0 Å². The van der Waals surface area contributed by atoms with Crippen LogP contribution in [0.25, 0.3) is 0 Å². The normalized spacial score (nSPS) is 24.5. The Bertz CT molecular complexity index is 807. The number of amides is 1. The van der Waals surface area contributed by atoms with Crippen LogP contribution in [0.5, 0.6) is 0 Å². The standard InChI is InChI=1S/C22H31NO5S/c1-22(2,3)12-9-10-15-16(11-12)29-19(17(15)21(27)28-4)23-18(24)13-7-5-6-8-14(13)20(25)26/h12-14H,5-11H2,1-4H3,(H,23,24)(H,25,26)/t12-,13+,14+/m1/s1. The molecule has 0 aromatic carbocycles. The smallest absolute Gasteiger partial charge is 0.341 e. The van der Waals surface area contributed by atoms with Gasteiger partial charge < -0.3 is 15.2 Å². The van der Waals surface area contributed by atoms with E-state index < -0.39 is 23.8 Å². The number of fused-ring (bicyclic) bond motifs is 1. The summed E-state index contributed by atoms with van der Waals surface area (Å²) >= 11 is 1.45. The van der Waals surface area contributed by atoms with Crippen LogP contribution < -0.4 is 5.32 Å². The molecule has 1 aromatic rings. The second-order valence-corrected chi connectivity index (χ2v) is 10.4. The summed E-state index contributed by atoms with van der Waals surface area (Å²) in [4.78, 5) is 38.2. The molecule has 0 saturated heterocycles. The lowest BCUT2D eigenvalue weighted by molar-refractivity contribution is -0.147. The first-order valence-corrected chi connectivity index (χ1v) is 11.2. The summed E-state index contributed by atoms with van der Waals surface area (Å²) < 4.78 is 5.00. The van der Waals surface area contributed by atoms with Crippen molar-refractivity contribution in [3.63, 3.8) is 0 Å². The highest BCUT2D eigenvalue weighted by molar-refractivity contribution is 7.17. The maximum absolute atomic E-state index is 13.0. The number of aliphatic carboxylic acids is 1. The van der Waals surface area contributed by atoms with Crippen molar-refractivity contribution >= 4 is 34.2 Å². The van der Waals surface area contributed by atoms with E-state index in [1.807, 2.05) is 0 Å². The van der Waals surface area contributed by atoms with E-state index in [1.54, 1.807) is 0 Å². The van der Waals surface area contributed by atoms with E-state index >= 15 is 0 Å². The minimum Gasteiger partial charge on any atom is -0.481 e. The fourth-order valence-electron chi connectivity index (χ4n) is 4.68. The van der Waals surface area contributed by atoms with E-state index in [0.717, 1.165) is 42.5 Å². The molecule has 0 spiro atoms. The molecule has 1 heterocycles. The Kier molecular flexibility index (Phi) is 6.36. The van der Waals surface area contributed by atoms with Crippen LogP contribution in [0.3, 0.4) is 0 Å². The lowest BCUT2D eigenvalue weighted by atomic mass is 9.72. The predicted octanol–water partition coefficient (Wildman–Crippen LogP) is 4.52. The first-order valence-electron chi connectivity index (χ1n) is 10.4. The first-order chi connectivity index (χ1) is 13.6. The molecule has 2 aliphatic rings. The van der Waals surface area contributed by atoms with Crippen molar-refractivity contribution in [2.75, 3.05) is 12.4 Å². The molecule has 1 saturated carbocycles. The van der Waals surface area contributed by atoms with Crippen molar-refractivity contribution in [2.45, 2.75) is 65.7 Å². The molecule has 0 unspecified atom stereocenters. The molecule has 1 fully saturated rings. The van der Waals surface area contributed by atoms with E-state index in [2.05, 4.69) is 26.1 Å². The fraction of sp³-hybridized carbons (Fsp3) is 0.682. The average Bonchev–Trinajstić information content (AvgIpc) is 3.03. The molecule has 2 N–H and O–H groups in total. The van der Waals surface area contributed by atoms with Crippen LogP contribution in [0.4, 0.5) is 5.00 Å². The zero-order valence-corrected chi connectivity index (χ0v) is 18.5. The van der Waals surface area contributed by atoms with Crippen LogP contribution in [0, 0.1) is 23.2 Å². The number of rotatable bonds is 4. The Hall–Kier alpha value is -1.89. The van der Waals surface area contributed by atoms with E-state index in [1.165, 1.54) is 18.4 Å². The van der Waals surface area contributed by atoms with Gasteiger partial charge in [0.1, 0.15) is 5.00 Å². The summed E-state index contributed by atoms with van der Waals surface area (Å²) in [6.45, 7) is 6.69. The molecule has 3 atom stereocenters. The van der Waals surface area contributed by atoms with Crippen LogP contribution >= 0.6 is 11.3 Å². The monoisotopic (exact) mass is 421 g/mol. The number of esters is 1. The molecule has 3 rings (SSSR count). The fourth-order valence-corrected chi connectivity index (χ4v) is 5.99. The Morgan fingerprint density at radius 3 is 2.34 bits per heavy atom. The van der Waals surface area contributed by atoms with Crippen LogP contribution in [0.1, 0.15) is 73.7 Å². The maximum Gasteiger partial charge on any atom is 0.341 e. The van der Waals surface area contributed by atoms with Crippen molar-refractivity contribution < 1.29 is 24.2 Å². The van der Waals surface area contributed by atoms with Gasteiger partial charge in [-0.2, -0.15) is 0 Å². The van der Waals surface area contributed by atoms with E-state index in [4.69, 9.17) is 4.74 Å². The third-order valence-electron chi connectivity index (χ3n) is 6.54. The number of nitrogens with one attached hydrogen (secondary N) is 1. The number of hydrogen-bond donors (Lipinski definition) is 2. The Morgan fingerprint density at radius 2 is 1.76 bits per heavy atom. The number of anilines is 1. The number of hydrogen-bond acceptors (Lipinski definition) is 5. The molecule has 29 heavy (non-hydrogen) atoms. The molecule has 0 aliphatic heterocycles. The SMILES string of the molecule is COC(=O)c1c(NC(=O)[C@H]2CCCC[C@@H]2C(=O)O)sc2c1CC[C@@H](C(C)(C)C)C2. The molecule has 6 nitrogen and oxygen atoms in total. The van der Waals surface area contributed by atoms with Gasteiger partial charge in [0.25, 0.3) is 0 Å². The van der Waals surface area contributed by atoms with Gasteiger partial charge in [-0.25, -0.2) is 4.79 Å². The number of carboxylic acids is 1.